The summed E-state index contributed by atoms with van der Waals surface area (Å²) < 4.78 is 25.4. The van der Waals surface area contributed by atoms with Gasteiger partial charge in [-0.3, -0.25) is 14.9 Å². The number of fused-ring (bicyclic) bond motifs is 1. The smallest absolute Gasteiger partial charge is 0.326 e. The molecule has 1 aromatic carbocycles. The number of nitrogens with zero attached hydrogens (tertiary/aromatic N) is 2. The van der Waals surface area contributed by atoms with Gasteiger partial charge >= 0.3 is 11.9 Å². The number of hydrogen-bond acceptors (Lipinski definition) is 6. The van der Waals surface area contributed by atoms with E-state index in [1.54, 1.807) is 0 Å². The largest absolute Gasteiger partial charge is 0.480 e. The maximum atomic E-state index is 13.3. The lowest BCUT2D eigenvalue weighted by molar-refractivity contribution is -0.151. The first-order valence-corrected chi connectivity index (χ1v) is 12.9. The number of likely N-dealkylation sites (tertiary alicyclic amines) is 1. The Bertz CT molecular complexity index is 985. The van der Waals surface area contributed by atoms with E-state index in [9.17, 15) is 33.0 Å². The van der Waals surface area contributed by atoms with Gasteiger partial charge in [0.25, 0.3) is 0 Å². The Kier molecular flexibility index (Phi) is 7.76. The van der Waals surface area contributed by atoms with E-state index in [1.165, 1.54) is 16.1 Å². The number of aryl methyl sites for hydroxylation is 1. The lowest BCUT2D eigenvalue weighted by atomic mass is 9.92. The van der Waals surface area contributed by atoms with Gasteiger partial charge in [-0.1, -0.05) is 30.3 Å². The quantitative estimate of drug-likeness (QED) is 0.459. The van der Waals surface area contributed by atoms with Gasteiger partial charge in [0.2, 0.25) is 15.9 Å². The molecular formula is C22H31N3O7S. The van der Waals surface area contributed by atoms with E-state index in [0.717, 1.165) is 11.8 Å². The summed E-state index contributed by atoms with van der Waals surface area (Å²) in [4.78, 5) is 38.3. The van der Waals surface area contributed by atoms with E-state index in [-0.39, 0.29) is 25.3 Å². The van der Waals surface area contributed by atoms with Gasteiger partial charge in [0, 0.05) is 19.1 Å². The molecule has 1 aromatic rings. The van der Waals surface area contributed by atoms with Gasteiger partial charge in [-0.15, -0.1) is 0 Å². The third-order valence-corrected chi connectivity index (χ3v) is 7.87. The van der Waals surface area contributed by atoms with Crippen molar-refractivity contribution in [3.63, 3.8) is 0 Å². The third-order valence-electron chi connectivity index (χ3n) is 6.60. The van der Waals surface area contributed by atoms with Crippen molar-refractivity contribution in [3.05, 3.63) is 35.9 Å². The first kappa shape index (κ1) is 25.1. The summed E-state index contributed by atoms with van der Waals surface area (Å²) in [5, 5.41) is 22.2. The number of piperidine rings is 1. The molecule has 2 fully saturated rings. The molecule has 3 N–H and O–H groups in total. The zero-order valence-electron chi connectivity index (χ0n) is 18.8. The van der Waals surface area contributed by atoms with Crippen LogP contribution in [0.4, 0.5) is 0 Å². The average molecular weight is 482 g/mol. The van der Waals surface area contributed by atoms with Crippen molar-refractivity contribution >= 4 is 27.9 Å². The van der Waals surface area contributed by atoms with E-state index >= 15 is 0 Å². The molecule has 0 aliphatic carbocycles. The maximum absolute atomic E-state index is 13.3. The first-order valence-electron chi connectivity index (χ1n) is 11.0. The minimum absolute atomic E-state index is 0.0438. The monoisotopic (exact) mass is 481 g/mol. The molecule has 33 heavy (non-hydrogen) atoms. The lowest BCUT2D eigenvalue weighted by Crippen LogP contribution is -2.58. The molecule has 2 aliphatic heterocycles. The molecule has 2 aliphatic rings. The lowest BCUT2D eigenvalue weighted by Gasteiger charge is -2.38. The van der Waals surface area contributed by atoms with Gasteiger partial charge in [-0.05, 0) is 44.1 Å². The molecule has 11 heteroatoms. The van der Waals surface area contributed by atoms with Crippen molar-refractivity contribution in [2.24, 2.45) is 5.92 Å². The number of carbonyl (C=O) groups excluding carboxylic acids is 1. The summed E-state index contributed by atoms with van der Waals surface area (Å²) in [6.07, 6.45) is 2.58. The second-order valence-electron chi connectivity index (χ2n) is 8.88. The molecule has 0 radical (unpaired) electrons. The molecular weight excluding hydrogens is 450 g/mol. The van der Waals surface area contributed by atoms with Gasteiger partial charge in [-0.2, -0.15) is 0 Å². The van der Waals surface area contributed by atoms with Crippen LogP contribution in [0.3, 0.4) is 0 Å². The molecule has 2 heterocycles. The zero-order chi connectivity index (χ0) is 24.3. The standard InChI is InChI=1S/C22H31N3O7S/c1-14(23-17(21(27)28)9-8-15-6-4-3-5-7-15)20(26)25-18(22(29)30)12-16-10-11-24(13-19(16)25)33(2,31)32/h3-7,14,16-19,23H,8-13H2,1-2H3,(H,27,28)(H,29,30)/t14-,16+,17+,18+,19-/m0/s1. The summed E-state index contributed by atoms with van der Waals surface area (Å²) in [5.74, 6) is -2.89. The Hall–Kier alpha value is -2.50. The molecule has 5 atom stereocenters. The van der Waals surface area contributed by atoms with E-state index < -0.39 is 52.0 Å². The number of sulfonamides is 1. The van der Waals surface area contributed by atoms with E-state index in [0.29, 0.717) is 19.4 Å². The van der Waals surface area contributed by atoms with Crippen LogP contribution in [-0.4, -0.2) is 89.2 Å². The molecule has 0 bridgehead atoms. The van der Waals surface area contributed by atoms with Crippen molar-refractivity contribution in [2.45, 2.75) is 56.8 Å². The Morgan fingerprint density at radius 2 is 1.85 bits per heavy atom. The Balaban J connectivity index is 1.73. The summed E-state index contributed by atoms with van der Waals surface area (Å²) in [5.41, 5.74) is 0.973. The number of carboxylic acids is 2. The van der Waals surface area contributed by atoms with Gasteiger partial charge in [-0.25, -0.2) is 17.5 Å². The maximum Gasteiger partial charge on any atom is 0.326 e. The highest BCUT2D eigenvalue weighted by Gasteiger charge is 2.50. The highest BCUT2D eigenvalue weighted by molar-refractivity contribution is 7.88. The van der Waals surface area contributed by atoms with E-state index in [1.807, 2.05) is 30.3 Å². The highest BCUT2D eigenvalue weighted by Crippen LogP contribution is 2.37. The minimum atomic E-state index is -3.48. The van der Waals surface area contributed by atoms with Crippen LogP contribution in [0.1, 0.15) is 31.7 Å². The molecule has 1 amide bonds. The van der Waals surface area contributed by atoms with Gasteiger partial charge in [0.1, 0.15) is 12.1 Å². The number of aliphatic carboxylic acids is 2. The van der Waals surface area contributed by atoms with Crippen LogP contribution in [0.25, 0.3) is 0 Å². The van der Waals surface area contributed by atoms with Crippen molar-refractivity contribution in [1.82, 2.24) is 14.5 Å². The van der Waals surface area contributed by atoms with Crippen LogP contribution >= 0.6 is 0 Å². The van der Waals surface area contributed by atoms with E-state index in [4.69, 9.17) is 0 Å². The molecule has 0 saturated carbocycles. The highest BCUT2D eigenvalue weighted by atomic mass is 32.2. The first-order chi connectivity index (χ1) is 15.5. The number of carbonyl (C=O) groups is 3. The molecule has 0 unspecified atom stereocenters. The number of benzene rings is 1. The summed E-state index contributed by atoms with van der Waals surface area (Å²) in [6.45, 7) is 1.86. The van der Waals surface area contributed by atoms with Crippen molar-refractivity contribution in [2.75, 3.05) is 19.3 Å². The third kappa shape index (κ3) is 5.90. The molecule has 10 nitrogen and oxygen atoms in total. The fourth-order valence-electron chi connectivity index (χ4n) is 4.84. The average Bonchev–Trinajstić information content (AvgIpc) is 3.15. The normalized spacial score (nSPS) is 25.3. The predicted molar refractivity (Wildman–Crippen MR) is 120 cm³/mol. The van der Waals surface area contributed by atoms with Crippen LogP contribution < -0.4 is 5.32 Å². The van der Waals surface area contributed by atoms with Crippen LogP contribution in [-0.2, 0) is 30.8 Å². The van der Waals surface area contributed by atoms with Gasteiger partial charge < -0.3 is 15.1 Å². The number of hydrogen-bond donors (Lipinski definition) is 3. The number of carboxylic acid groups (broad SMARTS) is 2. The zero-order valence-corrected chi connectivity index (χ0v) is 19.6. The SMILES string of the molecule is C[C@H](N[C@H](CCc1ccccc1)C(=O)O)C(=O)N1[C@@H](C(=O)O)C[C@H]2CCN(S(C)(=O)=O)C[C@@H]21. The summed E-state index contributed by atoms with van der Waals surface area (Å²) >= 11 is 0. The molecule has 2 saturated heterocycles. The summed E-state index contributed by atoms with van der Waals surface area (Å²) in [7, 11) is -3.48. The molecule has 0 aromatic heterocycles. The Labute approximate surface area is 193 Å². The molecule has 0 spiro atoms. The van der Waals surface area contributed by atoms with Crippen molar-refractivity contribution < 1.29 is 33.0 Å². The minimum Gasteiger partial charge on any atom is -0.480 e. The Morgan fingerprint density at radius 1 is 1.18 bits per heavy atom. The molecule has 182 valence electrons. The van der Waals surface area contributed by atoms with Crippen LogP contribution in [0, 0.1) is 5.92 Å². The predicted octanol–water partition coefficient (Wildman–Crippen LogP) is 0.386. The fraction of sp³-hybridized carbons (Fsp3) is 0.591. The Morgan fingerprint density at radius 3 is 2.42 bits per heavy atom. The topological polar surface area (TPSA) is 144 Å². The van der Waals surface area contributed by atoms with Crippen LogP contribution in [0.15, 0.2) is 30.3 Å². The second kappa shape index (κ2) is 10.2. The number of nitrogens with one attached hydrogen (secondary N) is 1. The van der Waals surface area contributed by atoms with Crippen LogP contribution in [0.5, 0.6) is 0 Å². The van der Waals surface area contributed by atoms with E-state index in [2.05, 4.69) is 5.32 Å². The van der Waals surface area contributed by atoms with Crippen molar-refractivity contribution in [1.29, 1.82) is 0 Å². The van der Waals surface area contributed by atoms with Gasteiger partial charge in [0.05, 0.1) is 12.3 Å². The number of rotatable bonds is 9. The van der Waals surface area contributed by atoms with Gasteiger partial charge in [0.15, 0.2) is 0 Å². The fourth-order valence-corrected chi connectivity index (χ4v) is 5.70. The molecule has 3 rings (SSSR count). The van der Waals surface area contributed by atoms with Crippen molar-refractivity contribution in [3.8, 4) is 0 Å². The number of amides is 1. The summed E-state index contributed by atoms with van der Waals surface area (Å²) in [6, 6.07) is 5.83. The van der Waals surface area contributed by atoms with Crippen LogP contribution in [0.2, 0.25) is 0 Å². The second-order valence-corrected chi connectivity index (χ2v) is 10.9.